The third-order valence-electron chi connectivity index (χ3n) is 3.10. The van der Waals surface area contributed by atoms with Crippen molar-refractivity contribution in [1.29, 1.82) is 0 Å². The van der Waals surface area contributed by atoms with Crippen LogP contribution < -0.4 is 0 Å². The van der Waals surface area contributed by atoms with E-state index < -0.39 is 0 Å². The summed E-state index contributed by atoms with van der Waals surface area (Å²) in [4.78, 5) is 0. The Morgan fingerprint density at radius 3 is 2.06 bits per heavy atom. The van der Waals surface area contributed by atoms with E-state index in [1.54, 1.807) is 0 Å². The van der Waals surface area contributed by atoms with Crippen LogP contribution in [0.2, 0.25) is 0 Å². The van der Waals surface area contributed by atoms with Crippen LogP contribution in [0.25, 0.3) is 0 Å². The molecule has 0 nitrogen and oxygen atoms in total. The standard InChI is InChI=1S/C15H23Cl/c1-3-8-14(9-4-2)15(16)12-13-10-6-5-7-11-13/h5-7,10-11,14-15H,3-4,8-9,12H2,1-2H3. The summed E-state index contributed by atoms with van der Waals surface area (Å²) in [6.07, 6.45) is 6.00. The van der Waals surface area contributed by atoms with E-state index in [0.717, 1.165) is 6.42 Å². The molecule has 1 aromatic carbocycles. The van der Waals surface area contributed by atoms with Gasteiger partial charge in [0.05, 0.1) is 0 Å². The average molecular weight is 239 g/mol. The highest BCUT2D eigenvalue weighted by molar-refractivity contribution is 6.20. The van der Waals surface area contributed by atoms with Crippen molar-refractivity contribution in [2.24, 2.45) is 5.92 Å². The van der Waals surface area contributed by atoms with Gasteiger partial charge >= 0.3 is 0 Å². The third kappa shape index (κ3) is 4.57. The van der Waals surface area contributed by atoms with E-state index in [-0.39, 0.29) is 0 Å². The maximum absolute atomic E-state index is 6.54. The Kier molecular flexibility index (Phi) is 6.56. The zero-order valence-corrected chi connectivity index (χ0v) is 11.2. The van der Waals surface area contributed by atoms with Gasteiger partial charge in [0.2, 0.25) is 0 Å². The van der Waals surface area contributed by atoms with Gasteiger partial charge in [0.25, 0.3) is 0 Å². The molecule has 0 spiro atoms. The minimum absolute atomic E-state index is 0.294. The molecule has 16 heavy (non-hydrogen) atoms. The third-order valence-corrected chi connectivity index (χ3v) is 3.61. The van der Waals surface area contributed by atoms with Crippen LogP contribution in [0.4, 0.5) is 0 Å². The molecule has 90 valence electrons. The first-order valence-corrected chi connectivity index (χ1v) is 6.89. The lowest BCUT2D eigenvalue weighted by Gasteiger charge is -2.21. The van der Waals surface area contributed by atoms with Crippen LogP contribution in [-0.4, -0.2) is 5.38 Å². The maximum atomic E-state index is 6.54. The molecule has 0 bridgehead atoms. The highest BCUT2D eigenvalue weighted by Gasteiger charge is 2.17. The van der Waals surface area contributed by atoms with Crippen molar-refractivity contribution in [2.75, 3.05) is 0 Å². The lowest BCUT2D eigenvalue weighted by atomic mass is 9.91. The number of alkyl halides is 1. The van der Waals surface area contributed by atoms with Crippen molar-refractivity contribution in [3.05, 3.63) is 35.9 Å². The first kappa shape index (κ1) is 13.6. The minimum atomic E-state index is 0.294. The van der Waals surface area contributed by atoms with Gasteiger partial charge in [-0.15, -0.1) is 11.6 Å². The Bertz CT molecular complexity index is 262. The van der Waals surface area contributed by atoms with E-state index in [4.69, 9.17) is 11.6 Å². The Morgan fingerprint density at radius 1 is 1.00 bits per heavy atom. The lowest BCUT2D eigenvalue weighted by Crippen LogP contribution is -2.17. The summed E-state index contributed by atoms with van der Waals surface area (Å²) in [5.74, 6) is 0.678. The Balaban J connectivity index is 2.51. The minimum Gasteiger partial charge on any atom is -0.122 e. The van der Waals surface area contributed by atoms with Crippen LogP contribution in [-0.2, 0) is 6.42 Å². The maximum Gasteiger partial charge on any atom is 0.0404 e. The molecule has 0 amide bonds. The molecule has 0 N–H and O–H groups in total. The monoisotopic (exact) mass is 238 g/mol. The summed E-state index contributed by atoms with van der Waals surface area (Å²) in [5.41, 5.74) is 1.36. The summed E-state index contributed by atoms with van der Waals surface area (Å²) in [7, 11) is 0. The van der Waals surface area contributed by atoms with Crippen molar-refractivity contribution in [3.63, 3.8) is 0 Å². The molecule has 0 fully saturated rings. The van der Waals surface area contributed by atoms with E-state index in [9.17, 15) is 0 Å². The molecule has 0 saturated heterocycles. The van der Waals surface area contributed by atoms with Gasteiger partial charge in [-0.3, -0.25) is 0 Å². The fourth-order valence-corrected chi connectivity index (χ4v) is 2.68. The number of benzene rings is 1. The van der Waals surface area contributed by atoms with Crippen molar-refractivity contribution in [3.8, 4) is 0 Å². The summed E-state index contributed by atoms with van der Waals surface area (Å²) in [6.45, 7) is 4.49. The van der Waals surface area contributed by atoms with Crippen molar-refractivity contribution < 1.29 is 0 Å². The molecule has 1 rings (SSSR count). The van der Waals surface area contributed by atoms with Crippen LogP contribution in [0.3, 0.4) is 0 Å². The second kappa shape index (κ2) is 7.73. The molecule has 1 unspecified atom stereocenters. The van der Waals surface area contributed by atoms with Crippen molar-refractivity contribution in [1.82, 2.24) is 0 Å². The second-order valence-electron chi connectivity index (χ2n) is 4.54. The molecule has 1 aromatic rings. The van der Waals surface area contributed by atoms with Gasteiger partial charge in [-0.25, -0.2) is 0 Å². The predicted molar refractivity (Wildman–Crippen MR) is 73.1 cm³/mol. The van der Waals surface area contributed by atoms with Gasteiger partial charge in [0.15, 0.2) is 0 Å². The van der Waals surface area contributed by atoms with Crippen LogP contribution in [0.15, 0.2) is 30.3 Å². The van der Waals surface area contributed by atoms with Gasteiger partial charge in [-0.2, -0.15) is 0 Å². The van der Waals surface area contributed by atoms with Crippen molar-refractivity contribution in [2.45, 2.75) is 51.3 Å². The van der Waals surface area contributed by atoms with E-state index in [1.807, 2.05) is 0 Å². The molecule has 0 heterocycles. The SMILES string of the molecule is CCCC(CCC)C(Cl)Cc1ccccc1. The molecule has 1 atom stereocenters. The van der Waals surface area contributed by atoms with Crippen molar-refractivity contribution >= 4 is 11.6 Å². The summed E-state index contributed by atoms with van der Waals surface area (Å²) >= 11 is 6.54. The highest BCUT2D eigenvalue weighted by Crippen LogP contribution is 2.25. The molecule has 0 aromatic heterocycles. The number of rotatable bonds is 7. The first-order chi connectivity index (χ1) is 7.77. The van der Waals surface area contributed by atoms with Gasteiger partial charge < -0.3 is 0 Å². The smallest absolute Gasteiger partial charge is 0.0404 e. The molecule has 0 aliphatic rings. The molecular formula is C15H23Cl. The van der Waals surface area contributed by atoms with Crippen LogP contribution in [0.5, 0.6) is 0 Å². The Hall–Kier alpha value is -0.490. The van der Waals surface area contributed by atoms with Crippen LogP contribution >= 0.6 is 11.6 Å². The molecular weight excluding hydrogens is 216 g/mol. The molecule has 1 heteroatoms. The normalized spacial score (nSPS) is 13.0. The fraction of sp³-hybridized carbons (Fsp3) is 0.600. The fourth-order valence-electron chi connectivity index (χ4n) is 2.25. The van der Waals surface area contributed by atoms with Gasteiger partial charge in [0.1, 0.15) is 0 Å². The molecule has 0 radical (unpaired) electrons. The Labute approximate surface area is 105 Å². The Morgan fingerprint density at radius 2 is 1.56 bits per heavy atom. The number of hydrogen-bond acceptors (Lipinski definition) is 0. The quantitative estimate of drug-likeness (QED) is 0.583. The molecule has 0 aliphatic heterocycles. The molecule has 0 saturated carbocycles. The zero-order chi connectivity index (χ0) is 11.8. The van der Waals surface area contributed by atoms with Gasteiger partial charge in [0, 0.05) is 5.38 Å². The summed E-state index contributed by atoms with van der Waals surface area (Å²) in [5, 5.41) is 0.294. The average Bonchev–Trinajstić information content (AvgIpc) is 2.30. The highest BCUT2D eigenvalue weighted by atomic mass is 35.5. The van der Waals surface area contributed by atoms with Gasteiger partial charge in [-0.1, -0.05) is 57.0 Å². The zero-order valence-electron chi connectivity index (χ0n) is 10.5. The lowest BCUT2D eigenvalue weighted by molar-refractivity contribution is 0.418. The number of hydrogen-bond donors (Lipinski definition) is 0. The van der Waals surface area contributed by atoms with Crippen LogP contribution in [0.1, 0.15) is 45.1 Å². The predicted octanol–water partition coefficient (Wildman–Crippen LogP) is 5.05. The van der Waals surface area contributed by atoms with Crippen LogP contribution in [0, 0.1) is 5.92 Å². The second-order valence-corrected chi connectivity index (χ2v) is 5.10. The van der Waals surface area contributed by atoms with E-state index in [2.05, 4.69) is 44.2 Å². The van der Waals surface area contributed by atoms with E-state index >= 15 is 0 Å². The van der Waals surface area contributed by atoms with E-state index in [1.165, 1.54) is 31.2 Å². The molecule has 0 aliphatic carbocycles. The largest absolute Gasteiger partial charge is 0.122 e. The summed E-state index contributed by atoms with van der Waals surface area (Å²) < 4.78 is 0. The topological polar surface area (TPSA) is 0 Å². The number of halogens is 1. The first-order valence-electron chi connectivity index (χ1n) is 6.45. The summed E-state index contributed by atoms with van der Waals surface area (Å²) in [6, 6.07) is 10.6. The van der Waals surface area contributed by atoms with Gasteiger partial charge in [-0.05, 0) is 30.7 Å². The van der Waals surface area contributed by atoms with E-state index in [0.29, 0.717) is 11.3 Å².